The Labute approximate surface area is 186 Å². The first-order valence-electron chi connectivity index (χ1n) is 11.1. The average molecular weight is 477 g/mol. The van der Waals surface area contributed by atoms with E-state index in [0.717, 1.165) is 19.3 Å². The molecule has 0 aromatic heterocycles. The molecule has 2 heteroatoms. The molecule has 0 saturated carbocycles. The van der Waals surface area contributed by atoms with Crippen molar-refractivity contribution in [1.82, 2.24) is 0 Å². The second-order valence-corrected chi connectivity index (χ2v) is 6.80. The maximum absolute atomic E-state index is 3.78. The van der Waals surface area contributed by atoms with E-state index in [4.69, 9.17) is 0 Å². The Hall–Kier alpha value is 1.05. The fourth-order valence-corrected chi connectivity index (χ4v) is 2.34. The minimum atomic E-state index is 0. The van der Waals surface area contributed by atoms with E-state index in [-0.39, 0.29) is 29.4 Å². The van der Waals surface area contributed by atoms with Crippen LogP contribution in [0, 0.1) is 20.8 Å². The van der Waals surface area contributed by atoms with Crippen molar-refractivity contribution in [3.05, 3.63) is 20.8 Å². The Balaban J connectivity index is -0.0000000817. The summed E-state index contributed by atoms with van der Waals surface area (Å²) in [5, 5.41) is 0. The van der Waals surface area contributed by atoms with Gasteiger partial charge in [0.1, 0.15) is 0 Å². The summed E-state index contributed by atoms with van der Waals surface area (Å²) < 4.78 is 0. The van der Waals surface area contributed by atoms with Crippen LogP contribution in [0.2, 0.25) is 0 Å². The average Bonchev–Trinajstić information content (AvgIpc) is 2.61. The normalized spacial score (nSPS) is 9.00. The Morgan fingerprint density at radius 3 is 0.731 bits per heavy atom. The Morgan fingerprint density at radius 1 is 0.385 bits per heavy atom. The third kappa shape index (κ3) is 56.2. The third-order valence-electron chi connectivity index (χ3n) is 4.06. The van der Waals surface area contributed by atoms with Crippen molar-refractivity contribution in [2.24, 2.45) is 0 Å². The summed E-state index contributed by atoms with van der Waals surface area (Å²) in [6, 6.07) is 0. The fraction of sp³-hybridized carbons (Fsp3) is 0.875. The number of unbranched alkanes of at least 4 members (excludes halogenated alkanes) is 15. The van der Waals surface area contributed by atoms with E-state index in [0.29, 0.717) is 0 Å². The molecule has 0 rings (SSSR count). The van der Waals surface area contributed by atoms with Crippen molar-refractivity contribution < 1.29 is 19.5 Å². The molecule has 0 aliphatic heterocycles. The number of hydrogen-bond donors (Lipinski definition) is 0. The largest absolute Gasteiger partial charge is 3.00 e. The molecule has 26 heavy (non-hydrogen) atoms. The number of hydrogen-bond acceptors (Lipinski definition) is 0. The quantitative estimate of drug-likeness (QED) is 0.0955. The molecular formula is C24H54PRh. The molecule has 0 aromatic carbocycles. The monoisotopic (exact) mass is 476 g/mol. The zero-order valence-electron chi connectivity index (χ0n) is 18.9. The van der Waals surface area contributed by atoms with Crippen LogP contribution in [0.25, 0.3) is 0 Å². The first-order chi connectivity index (χ1) is 11.7. The molecule has 0 saturated heterocycles. The summed E-state index contributed by atoms with van der Waals surface area (Å²) >= 11 is 0. The van der Waals surface area contributed by atoms with Crippen molar-refractivity contribution >= 4 is 9.90 Å². The summed E-state index contributed by atoms with van der Waals surface area (Å²) in [4.78, 5) is 0. The standard InChI is InChI=1S/3C8H17.H3P.Rh/c3*1-3-5-7-8-6-4-2;;/h3*1,3-8H2,2H3;1H3;/q3*-1;;+3. The predicted molar refractivity (Wildman–Crippen MR) is 127 cm³/mol. The van der Waals surface area contributed by atoms with Gasteiger partial charge in [0.25, 0.3) is 0 Å². The molecule has 0 N–H and O–H groups in total. The van der Waals surface area contributed by atoms with E-state index < -0.39 is 0 Å². The summed E-state index contributed by atoms with van der Waals surface area (Å²) in [7, 11) is 0. The van der Waals surface area contributed by atoms with Crippen LogP contribution in [-0.2, 0) is 19.5 Å². The Bertz CT molecular complexity index is 116. The maximum Gasteiger partial charge on any atom is 3.00 e. The van der Waals surface area contributed by atoms with Gasteiger partial charge in [-0.3, -0.25) is 0 Å². The molecule has 1 atom stereocenters. The first kappa shape index (κ1) is 37.8. The van der Waals surface area contributed by atoms with Gasteiger partial charge in [0.05, 0.1) is 0 Å². The summed E-state index contributed by atoms with van der Waals surface area (Å²) in [6.07, 6.45) is 23.9. The van der Waals surface area contributed by atoms with Crippen molar-refractivity contribution in [3.63, 3.8) is 0 Å². The summed E-state index contributed by atoms with van der Waals surface area (Å²) in [5.74, 6) is 0. The second-order valence-electron chi connectivity index (χ2n) is 6.80. The molecule has 0 spiro atoms. The molecule has 0 amide bonds. The van der Waals surface area contributed by atoms with Crippen LogP contribution in [0.1, 0.15) is 136 Å². The van der Waals surface area contributed by atoms with Crippen LogP contribution >= 0.6 is 9.90 Å². The fourth-order valence-electron chi connectivity index (χ4n) is 2.34. The van der Waals surface area contributed by atoms with Gasteiger partial charge in [0.15, 0.2) is 0 Å². The number of rotatable bonds is 15. The van der Waals surface area contributed by atoms with Crippen molar-refractivity contribution in [3.8, 4) is 0 Å². The van der Waals surface area contributed by atoms with E-state index in [1.54, 1.807) is 0 Å². The third-order valence-corrected chi connectivity index (χ3v) is 4.06. The van der Waals surface area contributed by atoms with Gasteiger partial charge in [-0.05, 0) is 0 Å². The molecule has 0 heterocycles. The molecule has 0 aliphatic carbocycles. The zero-order valence-corrected chi connectivity index (χ0v) is 21.9. The van der Waals surface area contributed by atoms with Gasteiger partial charge in [-0.15, -0.1) is 0 Å². The van der Waals surface area contributed by atoms with Crippen LogP contribution < -0.4 is 0 Å². The molecule has 0 bridgehead atoms. The van der Waals surface area contributed by atoms with Gasteiger partial charge in [0.2, 0.25) is 0 Å². The molecule has 0 nitrogen and oxygen atoms in total. The summed E-state index contributed by atoms with van der Waals surface area (Å²) in [5.41, 5.74) is 0. The van der Waals surface area contributed by atoms with E-state index in [1.165, 1.54) is 96.3 Å². The molecular weight excluding hydrogens is 422 g/mol. The minimum absolute atomic E-state index is 0. The van der Waals surface area contributed by atoms with Crippen LogP contribution in [0.4, 0.5) is 0 Å². The first-order valence-corrected chi connectivity index (χ1v) is 11.1. The van der Waals surface area contributed by atoms with Crippen LogP contribution in [0.5, 0.6) is 0 Å². The van der Waals surface area contributed by atoms with E-state index in [2.05, 4.69) is 41.5 Å². The van der Waals surface area contributed by atoms with Gasteiger partial charge in [0, 0.05) is 0 Å². The zero-order chi connectivity index (χ0) is 18.7. The van der Waals surface area contributed by atoms with Crippen LogP contribution in [0.3, 0.4) is 0 Å². The second kappa shape index (κ2) is 45.0. The molecule has 0 radical (unpaired) electrons. The van der Waals surface area contributed by atoms with Crippen molar-refractivity contribution in [2.45, 2.75) is 136 Å². The summed E-state index contributed by atoms with van der Waals surface area (Å²) in [6.45, 7) is 18.1. The minimum Gasteiger partial charge on any atom is -0.343 e. The Morgan fingerprint density at radius 2 is 0.577 bits per heavy atom. The van der Waals surface area contributed by atoms with E-state index in [1.807, 2.05) is 0 Å². The van der Waals surface area contributed by atoms with Gasteiger partial charge in [-0.2, -0.15) is 29.2 Å². The molecule has 1 unspecified atom stereocenters. The van der Waals surface area contributed by atoms with Gasteiger partial charge in [-0.1, -0.05) is 117 Å². The molecule has 0 aromatic rings. The van der Waals surface area contributed by atoms with Crippen molar-refractivity contribution in [1.29, 1.82) is 0 Å². The smallest absolute Gasteiger partial charge is 0.343 e. The topological polar surface area (TPSA) is 0 Å². The Kier molecular flexibility index (Phi) is 65.4. The van der Waals surface area contributed by atoms with Gasteiger partial charge >= 0.3 is 19.5 Å². The van der Waals surface area contributed by atoms with Gasteiger partial charge in [-0.25, -0.2) is 0 Å². The maximum atomic E-state index is 3.78. The molecule has 0 aliphatic rings. The van der Waals surface area contributed by atoms with Crippen LogP contribution in [-0.4, -0.2) is 0 Å². The predicted octanol–water partition coefficient (Wildman–Crippen LogP) is 9.60. The van der Waals surface area contributed by atoms with Gasteiger partial charge < -0.3 is 20.8 Å². The van der Waals surface area contributed by atoms with E-state index >= 15 is 0 Å². The SMILES string of the molecule is P.[CH2-]CCCCCCC.[CH2-]CCCCCCC.[CH2-]CCCCCCC.[Rh+3]. The van der Waals surface area contributed by atoms with E-state index in [9.17, 15) is 0 Å². The van der Waals surface area contributed by atoms with Crippen molar-refractivity contribution in [2.75, 3.05) is 0 Å². The van der Waals surface area contributed by atoms with Crippen LogP contribution in [0.15, 0.2) is 0 Å². The molecule has 0 fully saturated rings. The molecule has 164 valence electrons.